The van der Waals surface area contributed by atoms with Crippen molar-refractivity contribution in [1.82, 2.24) is 0 Å². The number of fused-ring (bicyclic) bond motifs is 1. The summed E-state index contributed by atoms with van der Waals surface area (Å²) in [5.74, 6) is 0.618. The molecular weight excluding hydrogens is 236 g/mol. The average molecular weight is 262 g/mol. The number of rotatable bonds is 2. The number of allylic oxidation sites excluding steroid dienone is 1. The van der Waals surface area contributed by atoms with Gasteiger partial charge in [-0.3, -0.25) is 0 Å². The van der Waals surface area contributed by atoms with Crippen molar-refractivity contribution in [3.63, 3.8) is 0 Å². The molecule has 0 saturated carbocycles. The summed E-state index contributed by atoms with van der Waals surface area (Å²) in [7, 11) is 0. The second-order valence-corrected chi connectivity index (χ2v) is 4.69. The van der Waals surface area contributed by atoms with Crippen molar-refractivity contribution in [3.05, 3.63) is 40.1 Å². The summed E-state index contributed by atoms with van der Waals surface area (Å²) in [5, 5.41) is 0. The van der Waals surface area contributed by atoms with Crippen LogP contribution in [0.4, 0.5) is 0 Å². The monoisotopic (exact) mass is 262 g/mol. The first-order chi connectivity index (χ1) is 8.77. The van der Waals surface area contributed by atoms with Gasteiger partial charge in [0.1, 0.15) is 0 Å². The molecule has 1 heterocycles. The number of thiophene rings is 1. The molecule has 1 aliphatic rings. The zero-order valence-electron chi connectivity index (χ0n) is 12.4. The van der Waals surface area contributed by atoms with E-state index in [0.29, 0.717) is 5.92 Å². The van der Waals surface area contributed by atoms with E-state index >= 15 is 0 Å². The molecule has 0 radical (unpaired) electrons. The van der Waals surface area contributed by atoms with Gasteiger partial charge in [-0.05, 0) is 29.5 Å². The van der Waals surface area contributed by atoms with Crippen molar-refractivity contribution in [1.29, 1.82) is 0 Å². The highest BCUT2D eigenvalue weighted by atomic mass is 32.1. The lowest BCUT2D eigenvalue weighted by atomic mass is 9.90. The summed E-state index contributed by atoms with van der Waals surface area (Å²) in [6.07, 6.45) is 9.51. The van der Waals surface area contributed by atoms with Crippen molar-refractivity contribution in [2.24, 2.45) is 0 Å². The van der Waals surface area contributed by atoms with Crippen molar-refractivity contribution in [3.8, 4) is 0 Å². The molecule has 1 unspecified atom stereocenters. The van der Waals surface area contributed by atoms with Crippen LogP contribution in [0.2, 0.25) is 0 Å². The molecule has 0 aromatic carbocycles. The predicted molar refractivity (Wildman–Crippen MR) is 89.3 cm³/mol. The van der Waals surface area contributed by atoms with Gasteiger partial charge in [0, 0.05) is 9.75 Å². The van der Waals surface area contributed by atoms with Crippen LogP contribution in [0.3, 0.4) is 0 Å². The molecule has 0 saturated heterocycles. The second-order valence-electron chi connectivity index (χ2n) is 3.61. The van der Waals surface area contributed by atoms with E-state index in [0.717, 1.165) is 6.42 Å². The van der Waals surface area contributed by atoms with Gasteiger partial charge < -0.3 is 0 Å². The molecule has 0 spiro atoms. The average Bonchev–Trinajstić information content (AvgIpc) is 2.82. The molecule has 0 fully saturated rings. The van der Waals surface area contributed by atoms with Gasteiger partial charge in [-0.15, -0.1) is 11.3 Å². The third kappa shape index (κ3) is 3.46. The molecule has 0 N–H and O–H groups in total. The third-order valence-electron chi connectivity index (χ3n) is 2.68. The van der Waals surface area contributed by atoms with Crippen molar-refractivity contribution in [2.45, 2.75) is 47.0 Å². The van der Waals surface area contributed by atoms with Crippen LogP contribution in [0.1, 0.15) is 67.8 Å². The van der Waals surface area contributed by atoms with Crippen LogP contribution in [0.15, 0.2) is 19.2 Å². The summed E-state index contributed by atoms with van der Waals surface area (Å²) < 4.78 is 0. The lowest BCUT2D eigenvalue weighted by molar-refractivity contribution is 0.775. The first-order valence-electron chi connectivity index (χ1n) is 6.86. The van der Waals surface area contributed by atoms with Gasteiger partial charge in [0.15, 0.2) is 0 Å². The molecule has 1 heteroatoms. The zero-order chi connectivity index (χ0) is 14.1. The molecular formula is C17H26S. The summed E-state index contributed by atoms with van der Waals surface area (Å²) in [5.41, 5.74) is 2.75. The van der Waals surface area contributed by atoms with Crippen molar-refractivity contribution in [2.75, 3.05) is 0 Å². The van der Waals surface area contributed by atoms with Crippen molar-refractivity contribution >= 4 is 29.6 Å². The van der Waals surface area contributed by atoms with Crippen LogP contribution in [0, 0.1) is 0 Å². The molecule has 100 valence electrons. The summed E-state index contributed by atoms with van der Waals surface area (Å²) in [4.78, 5) is 2.64. The highest BCUT2D eigenvalue weighted by molar-refractivity contribution is 7.14. The maximum atomic E-state index is 3.89. The maximum absolute atomic E-state index is 3.89. The smallest absolute Gasteiger partial charge is 0.0346 e. The Kier molecular flexibility index (Phi) is 8.40. The topological polar surface area (TPSA) is 0 Å². The minimum absolute atomic E-state index is 0.618. The van der Waals surface area contributed by atoms with Crippen molar-refractivity contribution < 1.29 is 0 Å². The number of hydrogen-bond donors (Lipinski definition) is 0. The zero-order valence-corrected chi connectivity index (χ0v) is 13.2. The summed E-state index contributed by atoms with van der Waals surface area (Å²) >= 11 is 1.81. The fourth-order valence-electron chi connectivity index (χ4n) is 1.99. The van der Waals surface area contributed by atoms with Crippen LogP contribution >= 0.6 is 11.3 Å². The molecule has 2 rings (SSSR count). The van der Waals surface area contributed by atoms with Gasteiger partial charge in [0.2, 0.25) is 0 Å². The van der Waals surface area contributed by atoms with E-state index < -0.39 is 0 Å². The van der Waals surface area contributed by atoms with Gasteiger partial charge in [-0.2, -0.15) is 0 Å². The Morgan fingerprint density at radius 2 is 1.78 bits per heavy atom. The molecule has 0 bridgehead atoms. The van der Waals surface area contributed by atoms with E-state index in [2.05, 4.69) is 32.2 Å². The van der Waals surface area contributed by atoms with E-state index in [4.69, 9.17) is 0 Å². The van der Waals surface area contributed by atoms with E-state index in [1.54, 1.807) is 0 Å². The summed E-state index contributed by atoms with van der Waals surface area (Å²) in [6.45, 7) is 18.0. The highest BCUT2D eigenvalue weighted by Crippen LogP contribution is 2.40. The van der Waals surface area contributed by atoms with Gasteiger partial charge >= 0.3 is 0 Å². The van der Waals surface area contributed by atoms with E-state index in [-0.39, 0.29) is 0 Å². The maximum Gasteiger partial charge on any atom is 0.0346 e. The van der Waals surface area contributed by atoms with Gasteiger partial charge in [-0.25, -0.2) is 0 Å². The lowest BCUT2D eigenvalue weighted by Gasteiger charge is -2.14. The molecule has 0 aliphatic heterocycles. The third-order valence-corrected chi connectivity index (χ3v) is 3.86. The Balaban J connectivity index is 0.000000659. The Labute approximate surface area is 117 Å². The van der Waals surface area contributed by atoms with Gasteiger partial charge in [0.05, 0.1) is 0 Å². The summed E-state index contributed by atoms with van der Waals surface area (Å²) in [6, 6.07) is 0. The van der Waals surface area contributed by atoms with E-state index in [9.17, 15) is 0 Å². The first-order valence-corrected chi connectivity index (χ1v) is 7.67. The molecule has 1 atom stereocenters. The Morgan fingerprint density at radius 3 is 2.28 bits per heavy atom. The standard InChI is InChI=1S/C13H14S.2C2H6/c1-4-10-11(5-2)14-12-8-6-7-9(3)13(10)12;2*1-2/h4-6,8-9H,1-2,7H2,3H3;2*1-2H3. The molecule has 0 nitrogen and oxygen atoms in total. The number of hydrogen-bond acceptors (Lipinski definition) is 1. The normalized spacial score (nSPS) is 15.5. The van der Waals surface area contributed by atoms with Crippen LogP contribution in [-0.4, -0.2) is 0 Å². The predicted octanol–water partition coefficient (Wildman–Crippen LogP) is 6.61. The second kappa shape index (κ2) is 8.93. The first kappa shape index (κ1) is 16.9. The SMILES string of the molecule is C=Cc1sc2c(c1C=C)C(C)CC=C2.CC.CC. The quantitative estimate of drug-likeness (QED) is 0.562. The van der Waals surface area contributed by atoms with Gasteiger partial charge in [-0.1, -0.05) is 66.0 Å². The Morgan fingerprint density at radius 1 is 1.17 bits per heavy atom. The van der Waals surface area contributed by atoms with Crippen LogP contribution < -0.4 is 0 Å². The highest BCUT2D eigenvalue weighted by Gasteiger charge is 2.19. The molecule has 0 amide bonds. The fraction of sp³-hybridized carbons (Fsp3) is 0.412. The molecule has 1 aromatic rings. The Bertz CT molecular complexity index is 407. The van der Waals surface area contributed by atoms with E-state index in [1.165, 1.54) is 20.9 Å². The minimum atomic E-state index is 0.618. The molecule has 1 aromatic heterocycles. The minimum Gasteiger partial charge on any atom is -0.136 e. The lowest BCUT2D eigenvalue weighted by Crippen LogP contribution is -1.98. The van der Waals surface area contributed by atoms with E-state index in [1.807, 2.05) is 51.2 Å². The van der Waals surface area contributed by atoms with Gasteiger partial charge in [0.25, 0.3) is 0 Å². The van der Waals surface area contributed by atoms with Crippen LogP contribution in [0.25, 0.3) is 18.2 Å². The molecule has 1 aliphatic carbocycles. The fourth-order valence-corrected chi connectivity index (χ4v) is 3.19. The Hall–Kier alpha value is -1.08. The molecule has 18 heavy (non-hydrogen) atoms. The van der Waals surface area contributed by atoms with Crippen LogP contribution in [0.5, 0.6) is 0 Å². The largest absolute Gasteiger partial charge is 0.136 e. The van der Waals surface area contributed by atoms with Crippen LogP contribution in [-0.2, 0) is 0 Å².